The molecule has 2 unspecified atom stereocenters. The molecule has 1 rings (SSSR count). The maximum Gasteiger partial charge on any atom is 0.239 e. The molecule has 0 aromatic carbocycles. The molecular weight excluding hydrogens is 226 g/mol. The minimum absolute atomic E-state index is 0.0000463. The summed E-state index contributed by atoms with van der Waals surface area (Å²) in [7, 11) is 3.86. The maximum absolute atomic E-state index is 12.5. The van der Waals surface area contributed by atoms with Gasteiger partial charge in [0.2, 0.25) is 5.91 Å². The Morgan fingerprint density at radius 1 is 1.39 bits per heavy atom. The fourth-order valence-corrected chi connectivity index (χ4v) is 2.98. The van der Waals surface area contributed by atoms with Crippen LogP contribution in [0.4, 0.5) is 0 Å². The lowest BCUT2D eigenvalue weighted by atomic mass is 9.97. The number of hydrogen-bond donors (Lipinski definition) is 1. The second-order valence-corrected chi connectivity index (χ2v) is 6.38. The second kappa shape index (κ2) is 6.02. The fourth-order valence-electron chi connectivity index (χ4n) is 2.98. The fraction of sp³-hybridized carbons (Fsp3) is 0.929. The van der Waals surface area contributed by atoms with E-state index in [-0.39, 0.29) is 17.5 Å². The van der Waals surface area contributed by atoms with Gasteiger partial charge in [-0.1, -0.05) is 0 Å². The topological polar surface area (TPSA) is 35.6 Å². The third kappa shape index (κ3) is 3.45. The van der Waals surface area contributed by atoms with Gasteiger partial charge in [0, 0.05) is 25.2 Å². The van der Waals surface area contributed by atoms with Crippen molar-refractivity contribution < 1.29 is 4.79 Å². The first kappa shape index (κ1) is 15.4. The van der Waals surface area contributed by atoms with Gasteiger partial charge in [0.25, 0.3) is 0 Å². The molecule has 0 aromatic rings. The van der Waals surface area contributed by atoms with Crippen molar-refractivity contribution in [2.24, 2.45) is 0 Å². The van der Waals surface area contributed by atoms with Gasteiger partial charge >= 0.3 is 0 Å². The first-order valence-corrected chi connectivity index (χ1v) is 6.97. The predicted molar refractivity (Wildman–Crippen MR) is 75.6 cm³/mol. The summed E-state index contributed by atoms with van der Waals surface area (Å²) < 4.78 is 0. The molecule has 0 saturated carbocycles. The highest BCUT2D eigenvalue weighted by Crippen LogP contribution is 2.27. The molecule has 4 nitrogen and oxygen atoms in total. The molecule has 1 heterocycles. The summed E-state index contributed by atoms with van der Waals surface area (Å²) in [6.45, 7) is 10.6. The summed E-state index contributed by atoms with van der Waals surface area (Å²) >= 11 is 0. The molecule has 106 valence electrons. The van der Waals surface area contributed by atoms with Crippen LogP contribution in [0.15, 0.2) is 0 Å². The Bertz CT molecular complexity index is 285. The average molecular weight is 255 g/mol. The molecule has 0 radical (unpaired) electrons. The van der Waals surface area contributed by atoms with Gasteiger partial charge in [-0.3, -0.25) is 9.69 Å². The lowest BCUT2D eigenvalue weighted by Gasteiger charge is -2.43. The largest absolute Gasteiger partial charge is 0.344 e. The minimum Gasteiger partial charge on any atom is -0.344 e. The maximum atomic E-state index is 12.5. The Hall–Kier alpha value is -0.610. The van der Waals surface area contributed by atoms with E-state index >= 15 is 0 Å². The molecule has 1 aliphatic rings. The van der Waals surface area contributed by atoms with Gasteiger partial charge in [0.1, 0.15) is 0 Å². The number of hydrogen-bond acceptors (Lipinski definition) is 3. The molecule has 2 atom stereocenters. The Labute approximate surface area is 112 Å². The summed E-state index contributed by atoms with van der Waals surface area (Å²) in [5.74, 6) is 0.268. The van der Waals surface area contributed by atoms with Crippen LogP contribution < -0.4 is 5.32 Å². The van der Waals surface area contributed by atoms with Crippen LogP contribution in [-0.2, 0) is 4.79 Å². The van der Waals surface area contributed by atoms with E-state index in [2.05, 4.69) is 37.9 Å². The molecule has 0 bridgehead atoms. The van der Waals surface area contributed by atoms with Crippen molar-refractivity contribution in [3.8, 4) is 0 Å². The van der Waals surface area contributed by atoms with Gasteiger partial charge in [0.15, 0.2) is 0 Å². The highest BCUT2D eigenvalue weighted by atomic mass is 16.2. The molecule has 0 aliphatic carbocycles. The Morgan fingerprint density at radius 3 is 2.50 bits per heavy atom. The van der Waals surface area contributed by atoms with Gasteiger partial charge < -0.3 is 10.2 Å². The number of amides is 1. The zero-order chi connectivity index (χ0) is 13.9. The third-order valence-corrected chi connectivity index (χ3v) is 3.80. The minimum atomic E-state index is -0.0000463. The van der Waals surface area contributed by atoms with E-state index in [1.807, 2.05) is 19.0 Å². The third-order valence-electron chi connectivity index (χ3n) is 3.80. The first-order chi connectivity index (χ1) is 8.29. The van der Waals surface area contributed by atoms with Crippen LogP contribution in [0.2, 0.25) is 0 Å². The predicted octanol–water partition coefficient (Wildman–Crippen LogP) is 1.32. The number of carbonyl (C=O) groups excluding carboxylic acids is 1. The highest BCUT2D eigenvalue weighted by Gasteiger charge is 2.39. The Balaban J connectivity index is 3.00. The van der Waals surface area contributed by atoms with Gasteiger partial charge in [-0.2, -0.15) is 0 Å². The van der Waals surface area contributed by atoms with E-state index in [0.29, 0.717) is 6.04 Å². The Morgan fingerprint density at radius 2 is 2.00 bits per heavy atom. The van der Waals surface area contributed by atoms with Crippen molar-refractivity contribution >= 4 is 5.91 Å². The molecule has 1 fully saturated rings. The number of nitrogens with zero attached hydrogens (tertiary/aromatic N) is 2. The van der Waals surface area contributed by atoms with E-state index in [1.165, 1.54) is 0 Å². The number of carbonyl (C=O) groups is 1. The van der Waals surface area contributed by atoms with Crippen molar-refractivity contribution in [3.63, 3.8) is 0 Å². The van der Waals surface area contributed by atoms with Crippen LogP contribution >= 0.6 is 0 Å². The van der Waals surface area contributed by atoms with Crippen molar-refractivity contribution in [2.45, 2.75) is 58.2 Å². The van der Waals surface area contributed by atoms with E-state index in [1.54, 1.807) is 0 Å². The highest BCUT2D eigenvalue weighted by molar-refractivity contribution is 5.82. The average Bonchev–Trinajstić information content (AvgIpc) is 2.37. The van der Waals surface area contributed by atoms with Crippen LogP contribution in [0.3, 0.4) is 0 Å². The summed E-state index contributed by atoms with van der Waals surface area (Å²) in [6, 6.07) is 0.445. The lowest BCUT2D eigenvalue weighted by Crippen LogP contribution is -2.56. The van der Waals surface area contributed by atoms with Crippen molar-refractivity contribution in [1.29, 1.82) is 0 Å². The zero-order valence-corrected chi connectivity index (χ0v) is 12.8. The van der Waals surface area contributed by atoms with E-state index < -0.39 is 0 Å². The smallest absolute Gasteiger partial charge is 0.239 e. The van der Waals surface area contributed by atoms with Gasteiger partial charge in [0.05, 0.1) is 6.04 Å². The quantitative estimate of drug-likeness (QED) is 0.826. The summed E-state index contributed by atoms with van der Waals surface area (Å²) in [4.78, 5) is 16.8. The normalized spacial score (nSPS) is 27.4. The van der Waals surface area contributed by atoms with Crippen LogP contribution in [0, 0.1) is 0 Å². The van der Waals surface area contributed by atoms with Crippen LogP contribution in [0.1, 0.15) is 40.5 Å². The summed E-state index contributed by atoms with van der Waals surface area (Å²) in [6.07, 6.45) is 1.93. The molecular formula is C14H29N3O. The molecule has 0 spiro atoms. The standard InChI is InChI=1S/C14H29N3O/c1-11-8-10-16(6)13(18)12(7-9-15-5)17(11)14(2,3)4/h11-12,15H,7-10H2,1-6H3. The van der Waals surface area contributed by atoms with Crippen LogP contribution in [0.5, 0.6) is 0 Å². The SMILES string of the molecule is CNCCC1C(=O)N(C)CCC(C)N1C(C)(C)C. The zero-order valence-electron chi connectivity index (χ0n) is 12.8. The summed E-state index contributed by atoms with van der Waals surface area (Å²) in [5, 5.41) is 3.16. The van der Waals surface area contributed by atoms with Crippen molar-refractivity contribution in [2.75, 3.05) is 27.2 Å². The molecule has 18 heavy (non-hydrogen) atoms. The first-order valence-electron chi connectivity index (χ1n) is 6.97. The van der Waals surface area contributed by atoms with Crippen molar-refractivity contribution in [1.82, 2.24) is 15.1 Å². The van der Waals surface area contributed by atoms with E-state index in [0.717, 1.165) is 25.9 Å². The number of likely N-dealkylation sites (N-methyl/N-ethyl adjacent to an activating group) is 1. The number of rotatable bonds is 3. The summed E-state index contributed by atoms with van der Waals surface area (Å²) in [5.41, 5.74) is 0.0265. The van der Waals surface area contributed by atoms with Crippen LogP contribution in [-0.4, -0.2) is 60.5 Å². The molecule has 1 amide bonds. The number of nitrogens with one attached hydrogen (secondary N) is 1. The van der Waals surface area contributed by atoms with Gasteiger partial charge in [-0.25, -0.2) is 0 Å². The molecule has 1 saturated heterocycles. The van der Waals surface area contributed by atoms with Crippen LogP contribution in [0.25, 0.3) is 0 Å². The van der Waals surface area contributed by atoms with Crippen molar-refractivity contribution in [3.05, 3.63) is 0 Å². The second-order valence-electron chi connectivity index (χ2n) is 6.38. The van der Waals surface area contributed by atoms with E-state index in [9.17, 15) is 4.79 Å². The molecule has 0 aromatic heterocycles. The molecule has 1 aliphatic heterocycles. The Kier molecular flexibility index (Phi) is 5.17. The van der Waals surface area contributed by atoms with E-state index in [4.69, 9.17) is 0 Å². The monoisotopic (exact) mass is 255 g/mol. The lowest BCUT2D eigenvalue weighted by molar-refractivity contribution is -0.137. The van der Waals surface area contributed by atoms with Gasteiger partial charge in [-0.15, -0.1) is 0 Å². The molecule has 4 heteroatoms. The van der Waals surface area contributed by atoms with Gasteiger partial charge in [-0.05, 0) is 54.1 Å². The molecule has 1 N–H and O–H groups in total.